The van der Waals surface area contributed by atoms with E-state index in [0.29, 0.717) is 31.1 Å². The molecule has 1 saturated carbocycles. The number of nitrogens with zero attached hydrogens (tertiary/aromatic N) is 2. The van der Waals surface area contributed by atoms with E-state index < -0.39 is 15.4 Å². The molecular weight excluding hydrogens is 412 g/mol. The number of amides is 1. The first-order valence-electron chi connectivity index (χ1n) is 11.0. The molecule has 7 heteroatoms. The minimum Gasteiger partial charge on any atom is -0.497 e. The van der Waals surface area contributed by atoms with E-state index in [9.17, 15) is 13.2 Å². The van der Waals surface area contributed by atoms with Crippen molar-refractivity contribution in [2.75, 3.05) is 33.3 Å². The van der Waals surface area contributed by atoms with Crippen LogP contribution in [0, 0.1) is 0 Å². The number of rotatable bonds is 5. The van der Waals surface area contributed by atoms with Crippen LogP contribution in [0.3, 0.4) is 0 Å². The molecule has 0 aromatic heterocycles. The predicted octanol–water partition coefficient (Wildman–Crippen LogP) is 3.43. The van der Waals surface area contributed by atoms with Gasteiger partial charge >= 0.3 is 0 Å². The van der Waals surface area contributed by atoms with Crippen molar-refractivity contribution in [3.8, 4) is 5.75 Å². The maximum atomic E-state index is 13.8. The van der Waals surface area contributed by atoms with Crippen molar-refractivity contribution in [2.45, 2.75) is 42.4 Å². The smallest absolute Gasteiger partial charge is 0.243 e. The first kappa shape index (κ1) is 21.8. The number of sulfonamides is 1. The number of hydrogen-bond donors (Lipinski definition) is 0. The van der Waals surface area contributed by atoms with Gasteiger partial charge in [0.2, 0.25) is 15.9 Å². The van der Waals surface area contributed by atoms with E-state index in [2.05, 4.69) is 0 Å². The Hall–Kier alpha value is -2.38. The molecule has 166 valence electrons. The van der Waals surface area contributed by atoms with Gasteiger partial charge in [-0.2, -0.15) is 4.31 Å². The van der Waals surface area contributed by atoms with Crippen LogP contribution in [-0.2, 0) is 20.2 Å². The Morgan fingerprint density at radius 3 is 2.06 bits per heavy atom. The molecule has 0 N–H and O–H groups in total. The van der Waals surface area contributed by atoms with E-state index >= 15 is 0 Å². The molecule has 1 aliphatic carbocycles. The van der Waals surface area contributed by atoms with Crippen molar-refractivity contribution in [1.82, 2.24) is 9.21 Å². The number of carbonyl (C=O) groups is 1. The normalized spacial score (nSPS) is 19.7. The SMILES string of the molecule is COc1ccc(C2(C(=O)N3CCN(S(=O)(=O)c4ccccc4)CC3)CCCCC2)cc1. The Labute approximate surface area is 184 Å². The lowest BCUT2D eigenvalue weighted by Gasteiger charge is -2.43. The number of benzene rings is 2. The lowest BCUT2D eigenvalue weighted by Crippen LogP contribution is -2.56. The van der Waals surface area contributed by atoms with E-state index in [1.165, 1.54) is 4.31 Å². The van der Waals surface area contributed by atoms with Crippen LogP contribution in [0.2, 0.25) is 0 Å². The van der Waals surface area contributed by atoms with E-state index in [1.54, 1.807) is 37.4 Å². The molecule has 1 amide bonds. The Bertz CT molecular complexity index is 992. The van der Waals surface area contributed by atoms with Crippen LogP contribution >= 0.6 is 0 Å². The van der Waals surface area contributed by atoms with Crippen molar-refractivity contribution in [1.29, 1.82) is 0 Å². The molecule has 4 rings (SSSR count). The largest absolute Gasteiger partial charge is 0.497 e. The van der Waals surface area contributed by atoms with Crippen LogP contribution in [0.15, 0.2) is 59.5 Å². The summed E-state index contributed by atoms with van der Waals surface area (Å²) in [4.78, 5) is 16.0. The van der Waals surface area contributed by atoms with Crippen molar-refractivity contribution in [3.05, 3.63) is 60.2 Å². The van der Waals surface area contributed by atoms with Gasteiger partial charge in [-0.3, -0.25) is 4.79 Å². The van der Waals surface area contributed by atoms with Gasteiger partial charge in [-0.15, -0.1) is 0 Å². The van der Waals surface area contributed by atoms with Gasteiger partial charge in [0.05, 0.1) is 17.4 Å². The number of carbonyl (C=O) groups excluding carboxylic acids is 1. The summed E-state index contributed by atoms with van der Waals surface area (Å²) in [5, 5.41) is 0. The molecule has 31 heavy (non-hydrogen) atoms. The lowest BCUT2D eigenvalue weighted by atomic mass is 9.68. The molecule has 0 radical (unpaired) electrons. The topological polar surface area (TPSA) is 66.9 Å². The Morgan fingerprint density at radius 2 is 1.48 bits per heavy atom. The van der Waals surface area contributed by atoms with Crippen LogP contribution < -0.4 is 4.74 Å². The molecule has 2 aromatic rings. The van der Waals surface area contributed by atoms with E-state index in [4.69, 9.17) is 4.74 Å². The second kappa shape index (κ2) is 9.01. The van der Waals surface area contributed by atoms with Crippen molar-refractivity contribution < 1.29 is 17.9 Å². The van der Waals surface area contributed by atoms with Crippen molar-refractivity contribution >= 4 is 15.9 Å². The highest BCUT2D eigenvalue weighted by molar-refractivity contribution is 7.89. The molecule has 6 nitrogen and oxygen atoms in total. The average Bonchev–Trinajstić information content (AvgIpc) is 2.84. The zero-order chi connectivity index (χ0) is 21.9. The molecule has 0 unspecified atom stereocenters. The van der Waals surface area contributed by atoms with Gasteiger partial charge in [-0.25, -0.2) is 8.42 Å². The summed E-state index contributed by atoms with van der Waals surface area (Å²) >= 11 is 0. The van der Waals surface area contributed by atoms with Gasteiger partial charge in [0, 0.05) is 26.2 Å². The summed E-state index contributed by atoms with van der Waals surface area (Å²) in [5.41, 5.74) is 0.516. The van der Waals surface area contributed by atoms with Crippen LogP contribution in [0.25, 0.3) is 0 Å². The van der Waals surface area contributed by atoms with Crippen molar-refractivity contribution in [2.24, 2.45) is 0 Å². The Kier molecular flexibility index (Phi) is 6.34. The minimum absolute atomic E-state index is 0.133. The first-order valence-corrected chi connectivity index (χ1v) is 12.4. The zero-order valence-electron chi connectivity index (χ0n) is 18.0. The van der Waals surface area contributed by atoms with Crippen LogP contribution in [0.4, 0.5) is 0 Å². The molecular formula is C24H30N2O4S. The fraction of sp³-hybridized carbons (Fsp3) is 0.458. The predicted molar refractivity (Wildman–Crippen MR) is 120 cm³/mol. The Morgan fingerprint density at radius 1 is 0.871 bits per heavy atom. The summed E-state index contributed by atoms with van der Waals surface area (Å²) in [6.45, 7) is 1.48. The number of piperazine rings is 1. The molecule has 2 aliphatic rings. The Balaban J connectivity index is 1.52. The molecule has 1 saturated heterocycles. The van der Waals surface area contributed by atoms with E-state index in [0.717, 1.165) is 43.4 Å². The third kappa shape index (κ3) is 4.21. The highest BCUT2D eigenvalue weighted by Gasteiger charge is 2.44. The number of hydrogen-bond acceptors (Lipinski definition) is 4. The van der Waals surface area contributed by atoms with Gasteiger partial charge in [-0.05, 0) is 42.7 Å². The zero-order valence-corrected chi connectivity index (χ0v) is 18.8. The van der Waals surface area contributed by atoms with Crippen molar-refractivity contribution in [3.63, 3.8) is 0 Å². The summed E-state index contributed by atoms with van der Waals surface area (Å²) in [6.07, 6.45) is 4.87. The molecule has 0 bridgehead atoms. The summed E-state index contributed by atoms with van der Waals surface area (Å²) in [5.74, 6) is 0.913. The summed E-state index contributed by atoms with van der Waals surface area (Å²) < 4.78 is 32.6. The van der Waals surface area contributed by atoms with Gasteiger partial charge in [0.15, 0.2) is 0 Å². The quantitative estimate of drug-likeness (QED) is 0.712. The van der Waals surface area contributed by atoms with Gasteiger partial charge < -0.3 is 9.64 Å². The third-order valence-corrected chi connectivity index (χ3v) is 8.58. The molecule has 1 heterocycles. The van der Waals surface area contributed by atoms with E-state index in [1.807, 2.05) is 29.2 Å². The standard InChI is InChI=1S/C24H30N2O4S/c1-30-21-12-10-20(11-13-21)24(14-6-3-7-15-24)23(27)25-16-18-26(19-17-25)31(28,29)22-8-4-2-5-9-22/h2,4-5,8-13H,3,6-7,14-19H2,1H3. The third-order valence-electron chi connectivity index (χ3n) is 6.67. The highest BCUT2D eigenvalue weighted by Crippen LogP contribution is 2.41. The average molecular weight is 443 g/mol. The van der Waals surface area contributed by atoms with E-state index in [-0.39, 0.29) is 5.91 Å². The summed E-state index contributed by atoms with van der Waals surface area (Å²) in [7, 11) is -1.89. The molecule has 2 aromatic carbocycles. The highest BCUT2D eigenvalue weighted by atomic mass is 32.2. The van der Waals surface area contributed by atoms with Crippen LogP contribution in [-0.4, -0.2) is 56.8 Å². The minimum atomic E-state index is -3.53. The van der Waals surface area contributed by atoms with Gasteiger partial charge in [-0.1, -0.05) is 49.6 Å². The molecule has 0 spiro atoms. The second-order valence-electron chi connectivity index (χ2n) is 8.38. The van der Waals surface area contributed by atoms with Crippen LogP contribution in [0.1, 0.15) is 37.7 Å². The second-order valence-corrected chi connectivity index (χ2v) is 10.3. The fourth-order valence-corrected chi connectivity index (χ4v) is 6.31. The monoisotopic (exact) mass is 442 g/mol. The molecule has 0 atom stereocenters. The summed E-state index contributed by atoms with van der Waals surface area (Å²) in [6, 6.07) is 16.4. The molecule has 1 aliphatic heterocycles. The maximum Gasteiger partial charge on any atom is 0.243 e. The maximum absolute atomic E-state index is 13.8. The lowest BCUT2D eigenvalue weighted by molar-refractivity contribution is -0.140. The first-order chi connectivity index (χ1) is 15.0. The fourth-order valence-electron chi connectivity index (χ4n) is 4.87. The van der Waals surface area contributed by atoms with Crippen LogP contribution in [0.5, 0.6) is 5.75 Å². The number of ether oxygens (including phenoxy) is 1. The van der Waals surface area contributed by atoms with Gasteiger partial charge in [0.1, 0.15) is 5.75 Å². The molecule has 2 fully saturated rings. The van der Waals surface area contributed by atoms with Gasteiger partial charge in [0.25, 0.3) is 0 Å². The number of methoxy groups -OCH3 is 1.